The van der Waals surface area contributed by atoms with Gasteiger partial charge in [-0.1, -0.05) is 12.1 Å². The molecule has 1 aromatic rings. The van der Waals surface area contributed by atoms with Crippen LogP contribution in [-0.4, -0.2) is 31.1 Å². The van der Waals surface area contributed by atoms with Crippen LogP contribution >= 0.6 is 0 Å². The summed E-state index contributed by atoms with van der Waals surface area (Å²) in [6.45, 7) is 0.363. The van der Waals surface area contributed by atoms with Gasteiger partial charge in [-0.15, -0.1) is 0 Å². The van der Waals surface area contributed by atoms with Gasteiger partial charge in [0.25, 0.3) is 5.91 Å². The summed E-state index contributed by atoms with van der Waals surface area (Å²) in [5.41, 5.74) is 6.14. The van der Waals surface area contributed by atoms with E-state index in [0.29, 0.717) is 24.4 Å². The van der Waals surface area contributed by atoms with E-state index in [1.54, 1.807) is 24.3 Å². The second-order valence-electron chi connectivity index (χ2n) is 4.59. The fraction of sp³-hybridized carbons (Fsp3) is 0.429. The molecular weight excluding hydrogens is 260 g/mol. The highest BCUT2D eigenvalue weighted by molar-refractivity contribution is 5.84. The molecule has 0 aliphatic carbocycles. The molecule has 2 rings (SSSR count). The van der Waals surface area contributed by atoms with Crippen LogP contribution in [0.1, 0.15) is 19.3 Å². The number of hydrogen-bond donors (Lipinski definition) is 2. The minimum Gasteiger partial charge on any atom is -0.480 e. The van der Waals surface area contributed by atoms with Crippen LogP contribution in [0.3, 0.4) is 0 Å². The lowest BCUT2D eigenvalue weighted by Gasteiger charge is -2.15. The molecule has 20 heavy (non-hydrogen) atoms. The van der Waals surface area contributed by atoms with Crippen molar-refractivity contribution < 1.29 is 19.1 Å². The Morgan fingerprint density at radius 2 is 2.15 bits per heavy atom. The van der Waals surface area contributed by atoms with Crippen molar-refractivity contribution in [2.45, 2.75) is 25.4 Å². The van der Waals surface area contributed by atoms with E-state index >= 15 is 0 Å². The summed E-state index contributed by atoms with van der Waals surface area (Å²) in [4.78, 5) is 23.3. The van der Waals surface area contributed by atoms with Crippen LogP contribution in [0.15, 0.2) is 24.3 Å². The summed E-state index contributed by atoms with van der Waals surface area (Å²) >= 11 is 0. The largest absolute Gasteiger partial charge is 0.480 e. The van der Waals surface area contributed by atoms with Crippen LogP contribution in [0.4, 0.5) is 5.69 Å². The lowest BCUT2D eigenvalue weighted by molar-refractivity contribution is -0.157. The van der Waals surface area contributed by atoms with Crippen molar-refractivity contribution in [1.29, 1.82) is 0 Å². The SMILES string of the molecule is Nc1ccccc1OCC(=O)OC1CCCCNC1=O. The van der Waals surface area contributed by atoms with Crippen LogP contribution in [0.5, 0.6) is 5.75 Å². The van der Waals surface area contributed by atoms with Crippen LogP contribution in [0.2, 0.25) is 0 Å². The molecule has 1 heterocycles. The fourth-order valence-electron chi connectivity index (χ4n) is 1.97. The Bertz CT molecular complexity index is 490. The van der Waals surface area contributed by atoms with Crippen LogP contribution < -0.4 is 15.8 Å². The predicted octanol–water partition coefficient (Wildman–Crippen LogP) is 0.859. The van der Waals surface area contributed by atoms with E-state index in [4.69, 9.17) is 15.2 Å². The quantitative estimate of drug-likeness (QED) is 0.629. The highest BCUT2D eigenvalue weighted by atomic mass is 16.6. The lowest BCUT2D eigenvalue weighted by atomic mass is 10.2. The number of nitrogens with one attached hydrogen (secondary N) is 1. The molecule has 6 heteroatoms. The zero-order valence-electron chi connectivity index (χ0n) is 11.1. The zero-order chi connectivity index (χ0) is 14.4. The molecule has 0 bridgehead atoms. The first-order valence-electron chi connectivity index (χ1n) is 6.61. The van der Waals surface area contributed by atoms with Gasteiger partial charge in [0.15, 0.2) is 12.7 Å². The second-order valence-corrected chi connectivity index (χ2v) is 4.59. The predicted molar refractivity (Wildman–Crippen MR) is 73.1 cm³/mol. The summed E-state index contributed by atoms with van der Waals surface area (Å²) in [5.74, 6) is -0.389. The minimum atomic E-state index is -0.721. The van der Waals surface area contributed by atoms with Crippen LogP contribution in [-0.2, 0) is 14.3 Å². The van der Waals surface area contributed by atoms with Gasteiger partial charge in [0.2, 0.25) is 0 Å². The zero-order valence-corrected chi connectivity index (χ0v) is 11.1. The molecule has 1 fully saturated rings. The van der Waals surface area contributed by atoms with Crippen LogP contribution in [0.25, 0.3) is 0 Å². The Hall–Kier alpha value is -2.24. The van der Waals surface area contributed by atoms with Crippen molar-refractivity contribution in [2.75, 3.05) is 18.9 Å². The van der Waals surface area contributed by atoms with Gasteiger partial charge < -0.3 is 20.5 Å². The summed E-state index contributed by atoms with van der Waals surface area (Å²) < 4.78 is 10.4. The third-order valence-corrected chi connectivity index (χ3v) is 3.02. The summed E-state index contributed by atoms with van der Waals surface area (Å²) in [7, 11) is 0. The maximum Gasteiger partial charge on any atom is 0.344 e. The van der Waals surface area contributed by atoms with E-state index in [2.05, 4.69) is 5.32 Å². The number of benzene rings is 1. The van der Waals surface area contributed by atoms with Gasteiger partial charge in [-0.05, 0) is 31.4 Å². The molecular formula is C14H18N2O4. The number of nitrogens with two attached hydrogens (primary N) is 1. The Labute approximate surface area is 117 Å². The number of hydrogen-bond acceptors (Lipinski definition) is 5. The van der Waals surface area contributed by atoms with E-state index in [0.717, 1.165) is 12.8 Å². The van der Waals surface area contributed by atoms with Gasteiger partial charge >= 0.3 is 5.97 Å². The number of rotatable bonds is 4. The standard InChI is InChI=1S/C14H18N2O4/c15-10-5-1-2-6-11(10)19-9-13(17)20-12-7-3-4-8-16-14(12)18/h1-2,5-6,12H,3-4,7-9,15H2,(H,16,18). The second kappa shape index (κ2) is 6.79. The monoisotopic (exact) mass is 278 g/mol. The normalized spacial score (nSPS) is 18.8. The molecule has 0 aromatic heterocycles. The lowest BCUT2D eigenvalue weighted by Crippen LogP contribution is -2.37. The number of nitrogen functional groups attached to an aromatic ring is 1. The third-order valence-electron chi connectivity index (χ3n) is 3.02. The topological polar surface area (TPSA) is 90.7 Å². The van der Waals surface area contributed by atoms with Gasteiger partial charge in [0, 0.05) is 6.54 Å². The van der Waals surface area contributed by atoms with Crippen molar-refractivity contribution in [3.63, 3.8) is 0 Å². The molecule has 0 spiro atoms. The molecule has 3 N–H and O–H groups in total. The smallest absolute Gasteiger partial charge is 0.344 e. The van der Waals surface area contributed by atoms with Crippen molar-refractivity contribution in [2.24, 2.45) is 0 Å². The first kappa shape index (κ1) is 14.2. The maximum atomic E-state index is 11.7. The molecule has 0 radical (unpaired) electrons. The highest BCUT2D eigenvalue weighted by Gasteiger charge is 2.24. The number of anilines is 1. The van der Waals surface area contributed by atoms with Gasteiger partial charge in [-0.2, -0.15) is 0 Å². The molecule has 1 aromatic carbocycles. The third kappa shape index (κ3) is 3.88. The molecule has 6 nitrogen and oxygen atoms in total. The van der Waals surface area contributed by atoms with Crippen molar-refractivity contribution >= 4 is 17.6 Å². The van der Waals surface area contributed by atoms with E-state index in [9.17, 15) is 9.59 Å². The molecule has 1 saturated heterocycles. The van der Waals surface area contributed by atoms with E-state index in [1.165, 1.54) is 0 Å². The molecule has 1 aliphatic rings. The van der Waals surface area contributed by atoms with E-state index in [1.807, 2.05) is 0 Å². The Kier molecular flexibility index (Phi) is 4.81. The Balaban J connectivity index is 1.83. The fourth-order valence-corrected chi connectivity index (χ4v) is 1.97. The molecule has 108 valence electrons. The minimum absolute atomic E-state index is 0.241. The summed E-state index contributed by atoms with van der Waals surface area (Å²) in [6, 6.07) is 6.88. The maximum absolute atomic E-state index is 11.7. The average molecular weight is 278 g/mol. The first-order chi connectivity index (χ1) is 9.66. The van der Waals surface area contributed by atoms with E-state index in [-0.39, 0.29) is 12.5 Å². The number of carbonyl (C=O) groups excluding carboxylic acids is 2. The highest BCUT2D eigenvalue weighted by Crippen LogP contribution is 2.19. The number of esters is 1. The average Bonchev–Trinajstić information content (AvgIpc) is 2.63. The molecule has 1 amide bonds. The summed E-state index contributed by atoms with van der Waals surface area (Å²) in [6.07, 6.45) is 1.58. The van der Waals surface area contributed by atoms with Crippen molar-refractivity contribution in [3.8, 4) is 5.75 Å². The Morgan fingerprint density at radius 1 is 1.35 bits per heavy atom. The number of ether oxygens (including phenoxy) is 2. The van der Waals surface area contributed by atoms with E-state index < -0.39 is 12.1 Å². The number of carbonyl (C=O) groups is 2. The summed E-state index contributed by atoms with van der Waals surface area (Å²) in [5, 5.41) is 2.71. The van der Waals surface area contributed by atoms with Crippen molar-refractivity contribution in [3.05, 3.63) is 24.3 Å². The number of para-hydroxylation sites is 2. The van der Waals surface area contributed by atoms with Gasteiger partial charge in [-0.25, -0.2) is 4.79 Å². The molecule has 1 atom stereocenters. The van der Waals surface area contributed by atoms with Gasteiger partial charge in [-0.3, -0.25) is 4.79 Å². The number of amides is 1. The molecule has 0 saturated carbocycles. The van der Waals surface area contributed by atoms with Gasteiger partial charge in [0.1, 0.15) is 5.75 Å². The van der Waals surface area contributed by atoms with Crippen LogP contribution in [0, 0.1) is 0 Å². The molecule has 1 unspecified atom stereocenters. The Morgan fingerprint density at radius 3 is 2.95 bits per heavy atom. The van der Waals surface area contributed by atoms with Gasteiger partial charge in [0.05, 0.1) is 5.69 Å². The first-order valence-corrected chi connectivity index (χ1v) is 6.61. The van der Waals surface area contributed by atoms with Crippen molar-refractivity contribution in [1.82, 2.24) is 5.32 Å². The molecule has 1 aliphatic heterocycles.